The van der Waals surface area contributed by atoms with Gasteiger partial charge in [0.2, 0.25) is 0 Å². The summed E-state index contributed by atoms with van der Waals surface area (Å²) in [6.45, 7) is 0.574. The molecule has 3 rings (SSSR count). The highest BCUT2D eigenvalue weighted by Gasteiger charge is 2.03. The van der Waals surface area contributed by atoms with Gasteiger partial charge < -0.3 is 5.32 Å². The molecule has 1 aromatic heterocycles. The van der Waals surface area contributed by atoms with E-state index in [1.165, 1.54) is 12.1 Å². The Balaban J connectivity index is 1.69. The van der Waals surface area contributed by atoms with Crippen LogP contribution in [0.5, 0.6) is 0 Å². The van der Waals surface area contributed by atoms with Gasteiger partial charge in [0.05, 0.1) is 5.69 Å². The minimum Gasteiger partial charge on any atom is -0.364 e. The number of hydrogen-bond donors (Lipinski definition) is 1. The molecule has 2 aromatic carbocycles. The lowest BCUT2D eigenvalue weighted by Crippen LogP contribution is -2.03. The van der Waals surface area contributed by atoms with Crippen molar-refractivity contribution in [1.82, 2.24) is 10.2 Å². The Labute approximate surface area is 132 Å². The molecule has 0 radical (unpaired) electrons. The van der Waals surface area contributed by atoms with Gasteiger partial charge in [-0.1, -0.05) is 29.8 Å². The van der Waals surface area contributed by atoms with Crippen molar-refractivity contribution in [1.29, 1.82) is 0 Å². The molecule has 0 spiro atoms. The zero-order valence-corrected chi connectivity index (χ0v) is 12.4. The van der Waals surface area contributed by atoms with E-state index in [0.29, 0.717) is 23.1 Å². The fourth-order valence-electron chi connectivity index (χ4n) is 2.03. The third-order valence-electron chi connectivity index (χ3n) is 3.22. The number of aromatic nitrogens is 2. The molecule has 0 unspecified atom stereocenters. The zero-order chi connectivity index (χ0) is 15.4. The minimum absolute atomic E-state index is 0.269. The first kappa shape index (κ1) is 14.5. The monoisotopic (exact) mass is 313 g/mol. The van der Waals surface area contributed by atoms with E-state index in [-0.39, 0.29) is 5.82 Å². The molecular formula is C17H13ClFN3. The highest BCUT2D eigenvalue weighted by Crippen LogP contribution is 2.19. The van der Waals surface area contributed by atoms with Crippen LogP contribution >= 0.6 is 11.6 Å². The standard InChI is InChI=1S/C17H13ClFN3/c18-15-4-2-1-3-13(15)11-20-17-10-9-16(21-22-17)12-5-7-14(19)8-6-12/h1-10H,11H2,(H,20,22). The molecule has 0 aliphatic rings. The predicted octanol–water partition coefficient (Wildman–Crippen LogP) is 4.55. The van der Waals surface area contributed by atoms with Crippen LogP contribution in [0.2, 0.25) is 5.02 Å². The Morgan fingerprint density at radius 2 is 1.68 bits per heavy atom. The van der Waals surface area contributed by atoms with E-state index in [1.807, 2.05) is 36.4 Å². The molecule has 0 atom stereocenters. The largest absolute Gasteiger partial charge is 0.364 e. The summed E-state index contributed by atoms with van der Waals surface area (Å²) >= 11 is 6.10. The van der Waals surface area contributed by atoms with Crippen molar-refractivity contribution in [3.05, 3.63) is 77.1 Å². The maximum absolute atomic E-state index is 12.9. The first-order valence-corrected chi connectivity index (χ1v) is 7.17. The molecule has 3 nitrogen and oxygen atoms in total. The van der Waals surface area contributed by atoms with Gasteiger partial charge in [-0.3, -0.25) is 0 Å². The van der Waals surface area contributed by atoms with Crippen LogP contribution in [0.25, 0.3) is 11.3 Å². The molecule has 0 fully saturated rings. The topological polar surface area (TPSA) is 37.8 Å². The Morgan fingerprint density at radius 3 is 2.36 bits per heavy atom. The molecule has 0 aliphatic heterocycles. The molecule has 0 saturated heterocycles. The fourth-order valence-corrected chi connectivity index (χ4v) is 2.23. The highest BCUT2D eigenvalue weighted by molar-refractivity contribution is 6.31. The average Bonchev–Trinajstić information content (AvgIpc) is 2.55. The van der Waals surface area contributed by atoms with Crippen LogP contribution in [0.15, 0.2) is 60.7 Å². The van der Waals surface area contributed by atoms with Gasteiger partial charge in [-0.25, -0.2) is 4.39 Å². The molecule has 1 heterocycles. The fraction of sp³-hybridized carbons (Fsp3) is 0.0588. The van der Waals surface area contributed by atoms with E-state index in [9.17, 15) is 4.39 Å². The van der Waals surface area contributed by atoms with Gasteiger partial charge in [0.25, 0.3) is 0 Å². The molecular weight excluding hydrogens is 301 g/mol. The Morgan fingerprint density at radius 1 is 0.909 bits per heavy atom. The van der Waals surface area contributed by atoms with Crippen molar-refractivity contribution in [2.45, 2.75) is 6.54 Å². The van der Waals surface area contributed by atoms with Gasteiger partial charge in [-0.15, -0.1) is 10.2 Å². The Hall–Kier alpha value is -2.46. The summed E-state index contributed by atoms with van der Waals surface area (Å²) in [6.07, 6.45) is 0. The van der Waals surface area contributed by atoms with Gasteiger partial charge >= 0.3 is 0 Å². The van der Waals surface area contributed by atoms with Crippen molar-refractivity contribution >= 4 is 17.4 Å². The van der Waals surface area contributed by atoms with Gasteiger partial charge in [0, 0.05) is 17.1 Å². The van der Waals surface area contributed by atoms with Crippen LogP contribution in [0, 0.1) is 5.82 Å². The van der Waals surface area contributed by atoms with Gasteiger partial charge in [0.1, 0.15) is 11.6 Å². The summed E-state index contributed by atoms with van der Waals surface area (Å²) < 4.78 is 12.9. The summed E-state index contributed by atoms with van der Waals surface area (Å²) in [6, 6.07) is 17.5. The number of hydrogen-bond acceptors (Lipinski definition) is 3. The van der Waals surface area contributed by atoms with Crippen molar-refractivity contribution < 1.29 is 4.39 Å². The molecule has 5 heteroatoms. The van der Waals surface area contributed by atoms with Gasteiger partial charge in [-0.05, 0) is 48.0 Å². The van der Waals surface area contributed by atoms with Crippen LogP contribution in [0.4, 0.5) is 10.2 Å². The minimum atomic E-state index is -0.269. The van der Waals surface area contributed by atoms with E-state index in [1.54, 1.807) is 12.1 Å². The van der Waals surface area contributed by atoms with Crippen molar-refractivity contribution in [2.24, 2.45) is 0 Å². The van der Waals surface area contributed by atoms with E-state index in [2.05, 4.69) is 15.5 Å². The lowest BCUT2D eigenvalue weighted by atomic mass is 10.1. The van der Waals surface area contributed by atoms with E-state index in [0.717, 1.165) is 11.1 Å². The third kappa shape index (κ3) is 3.40. The lowest BCUT2D eigenvalue weighted by molar-refractivity contribution is 0.628. The van der Waals surface area contributed by atoms with Crippen molar-refractivity contribution in [3.8, 4) is 11.3 Å². The summed E-state index contributed by atoms with van der Waals surface area (Å²) in [5.74, 6) is 0.389. The second-order valence-corrected chi connectivity index (χ2v) is 5.16. The van der Waals surface area contributed by atoms with Crippen LogP contribution in [0.3, 0.4) is 0 Å². The quantitative estimate of drug-likeness (QED) is 0.768. The highest BCUT2D eigenvalue weighted by atomic mass is 35.5. The smallest absolute Gasteiger partial charge is 0.148 e. The number of benzene rings is 2. The number of nitrogens with one attached hydrogen (secondary N) is 1. The molecule has 0 saturated carbocycles. The maximum atomic E-state index is 12.9. The number of rotatable bonds is 4. The number of anilines is 1. The summed E-state index contributed by atoms with van der Waals surface area (Å²) in [7, 11) is 0. The Bertz CT molecular complexity index is 758. The molecule has 0 amide bonds. The van der Waals surface area contributed by atoms with Crippen LogP contribution in [-0.4, -0.2) is 10.2 Å². The molecule has 1 N–H and O–H groups in total. The summed E-state index contributed by atoms with van der Waals surface area (Å²) in [5, 5.41) is 12.2. The Kier molecular flexibility index (Phi) is 4.30. The summed E-state index contributed by atoms with van der Waals surface area (Å²) in [4.78, 5) is 0. The molecule has 0 aliphatic carbocycles. The van der Waals surface area contributed by atoms with Gasteiger partial charge in [0.15, 0.2) is 0 Å². The second kappa shape index (κ2) is 6.54. The van der Waals surface area contributed by atoms with Crippen molar-refractivity contribution in [3.63, 3.8) is 0 Å². The second-order valence-electron chi connectivity index (χ2n) is 4.76. The predicted molar refractivity (Wildman–Crippen MR) is 86.2 cm³/mol. The third-order valence-corrected chi connectivity index (χ3v) is 3.59. The van der Waals surface area contributed by atoms with E-state index in [4.69, 9.17) is 11.6 Å². The molecule has 110 valence electrons. The molecule has 3 aromatic rings. The maximum Gasteiger partial charge on any atom is 0.148 e. The van der Waals surface area contributed by atoms with E-state index < -0.39 is 0 Å². The lowest BCUT2D eigenvalue weighted by Gasteiger charge is -2.07. The normalized spacial score (nSPS) is 10.5. The molecule has 22 heavy (non-hydrogen) atoms. The van der Waals surface area contributed by atoms with Crippen LogP contribution in [0.1, 0.15) is 5.56 Å². The average molecular weight is 314 g/mol. The van der Waals surface area contributed by atoms with Crippen LogP contribution < -0.4 is 5.32 Å². The van der Waals surface area contributed by atoms with Crippen LogP contribution in [-0.2, 0) is 6.54 Å². The summed E-state index contributed by atoms with van der Waals surface area (Å²) in [5.41, 5.74) is 2.52. The number of nitrogens with zero attached hydrogens (tertiary/aromatic N) is 2. The first-order chi connectivity index (χ1) is 10.7. The first-order valence-electron chi connectivity index (χ1n) is 6.79. The molecule has 0 bridgehead atoms. The van der Waals surface area contributed by atoms with E-state index >= 15 is 0 Å². The SMILES string of the molecule is Fc1ccc(-c2ccc(NCc3ccccc3Cl)nn2)cc1. The van der Waals surface area contributed by atoms with Crippen molar-refractivity contribution in [2.75, 3.05) is 5.32 Å². The number of halogens is 2. The van der Waals surface area contributed by atoms with Gasteiger partial charge in [-0.2, -0.15) is 0 Å². The zero-order valence-electron chi connectivity index (χ0n) is 11.6.